The maximum absolute atomic E-state index is 10.0. The lowest BCUT2D eigenvalue weighted by molar-refractivity contribution is -0.0134. The van der Waals surface area contributed by atoms with E-state index in [2.05, 4.69) is 17.0 Å². The number of aliphatic hydroxyl groups is 1. The zero-order valence-corrected chi connectivity index (χ0v) is 13.3. The van der Waals surface area contributed by atoms with Gasteiger partial charge in [-0.25, -0.2) is 0 Å². The van der Waals surface area contributed by atoms with E-state index in [1.165, 1.54) is 43.2 Å². The van der Waals surface area contributed by atoms with Crippen molar-refractivity contribution in [3.63, 3.8) is 0 Å². The van der Waals surface area contributed by atoms with Gasteiger partial charge in [-0.1, -0.05) is 18.9 Å². The van der Waals surface area contributed by atoms with Gasteiger partial charge in [-0.2, -0.15) is 0 Å². The lowest BCUT2D eigenvalue weighted by Gasteiger charge is -2.59. The SMILES string of the molecule is OCCCN1CC[C@@]23CCCC[C@H]2[C@H]1Cc1ccc(O)cc13. The highest BCUT2D eigenvalue weighted by Crippen LogP contribution is 2.56. The van der Waals surface area contributed by atoms with Gasteiger partial charge in [-0.3, -0.25) is 4.90 Å². The molecule has 2 fully saturated rings. The van der Waals surface area contributed by atoms with Crippen molar-refractivity contribution in [2.24, 2.45) is 5.92 Å². The van der Waals surface area contributed by atoms with Crippen LogP contribution in [0, 0.1) is 5.92 Å². The molecule has 1 saturated carbocycles. The minimum Gasteiger partial charge on any atom is -0.508 e. The van der Waals surface area contributed by atoms with Crippen molar-refractivity contribution >= 4 is 0 Å². The van der Waals surface area contributed by atoms with Crippen molar-refractivity contribution in [2.75, 3.05) is 19.7 Å². The molecule has 1 aromatic carbocycles. The second kappa shape index (κ2) is 5.54. The molecule has 3 nitrogen and oxygen atoms in total. The van der Waals surface area contributed by atoms with E-state index >= 15 is 0 Å². The minimum absolute atomic E-state index is 0.295. The molecule has 0 aromatic heterocycles. The number of piperidine rings is 1. The molecule has 4 rings (SSSR count). The molecule has 0 unspecified atom stereocenters. The zero-order valence-electron chi connectivity index (χ0n) is 13.3. The highest BCUT2D eigenvalue weighted by Gasteiger charge is 2.53. The molecule has 1 saturated heterocycles. The van der Waals surface area contributed by atoms with E-state index < -0.39 is 0 Å². The van der Waals surface area contributed by atoms with Gasteiger partial charge < -0.3 is 10.2 Å². The summed E-state index contributed by atoms with van der Waals surface area (Å²) in [6, 6.07) is 6.71. The zero-order chi connectivity index (χ0) is 15.2. The molecule has 3 heteroatoms. The van der Waals surface area contributed by atoms with Crippen molar-refractivity contribution in [3.8, 4) is 5.75 Å². The molecule has 2 bridgehead atoms. The number of hydrogen-bond acceptors (Lipinski definition) is 3. The number of fused-ring (bicyclic) bond motifs is 1. The molecule has 0 radical (unpaired) electrons. The fourth-order valence-corrected chi connectivity index (χ4v) is 5.62. The van der Waals surface area contributed by atoms with E-state index in [1.54, 1.807) is 0 Å². The summed E-state index contributed by atoms with van der Waals surface area (Å²) in [6.45, 7) is 2.47. The van der Waals surface area contributed by atoms with Crippen LogP contribution in [0.15, 0.2) is 18.2 Å². The molecule has 1 aromatic rings. The van der Waals surface area contributed by atoms with Gasteiger partial charge in [-0.05, 0) is 67.8 Å². The molecule has 3 aliphatic rings. The quantitative estimate of drug-likeness (QED) is 0.902. The smallest absolute Gasteiger partial charge is 0.115 e. The van der Waals surface area contributed by atoms with Crippen LogP contribution in [0.2, 0.25) is 0 Å². The van der Waals surface area contributed by atoms with Gasteiger partial charge in [0.2, 0.25) is 0 Å². The summed E-state index contributed by atoms with van der Waals surface area (Å²) in [5.74, 6) is 1.17. The molecule has 1 heterocycles. The van der Waals surface area contributed by atoms with Crippen molar-refractivity contribution in [1.29, 1.82) is 0 Å². The van der Waals surface area contributed by atoms with E-state index in [9.17, 15) is 10.2 Å². The third-order valence-corrected chi connectivity index (χ3v) is 6.54. The summed E-state index contributed by atoms with van der Waals surface area (Å²) in [5.41, 5.74) is 3.22. The summed E-state index contributed by atoms with van der Waals surface area (Å²) in [7, 11) is 0. The van der Waals surface area contributed by atoms with Crippen LogP contribution in [0.25, 0.3) is 0 Å². The fourth-order valence-electron chi connectivity index (χ4n) is 5.62. The third-order valence-electron chi connectivity index (χ3n) is 6.54. The topological polar surface area (TPSA) is 43.7 Å². The molecule has 0 spiro atoms. The van der Waals surface area contributed by atoms with Gasteiger partial charge in [0.1, 0.15) is 5.75 Å². The van der Waals surface area contributed by atoms with Crippen LogP contribution in [0.3, 0.4) is 0 Å². The largest absolute Gasteiger partial charge is 0.508 e. The second-order valence-electron chi connectivity index (χ2n) is 7.48. The summed E-state index contributed by atoms with van der Waals surface area (Å²) in [5, 5.41) is 19.2. The summed E-state index contributed by atoms with van der Waals surface area (Å²) < 4.78 is 0. The van der Waals surface area contributed by atoms with Crippen LogP contribution < -0.4 is 0 Å². The molecule has 3 atom stereocenters. The maximum atomic E-state index is 10.0. The first-order valence-corrected chi connectivity index (χ1v) is 8.92. The van der Waals surface area contributed by atoms with Crippen molar-refractivity contribution in [3.05, 3.63) is 29.3 Å². The number of hydrogen-bond donors (Lipinski definition) is 2. The average Bonchev–Trinajstić information content (AvgIpc) is 2.55. The Morgan fingerprint density at radius 1 is 1.23 bits per heavy atom. The van der Waals surface area contributed by atoms with E-state index in [0.29, 0.717) is 23.8 Å². The predicted octanol–water partition coefficient (Wildman–Crippen LogP) is 2.83. The molecule has 2 N–H and O–H groups in total. The Bertz CT molecular complexity index is 558. The Hall–Kier alpha value is -1.06. The van der Waals surface area contributed by atoms with Crippen LogP contribution in [-0.2, 0) is 11.8 Å². The number of phenols is 1. The third kappa shape index (κ3) is 2.10. The standard InChI is InChI=1S/C19H27NO2/c21-11-3-9-20-10-8-19-7-2-1-4-16(19)18(20)12-14-5-6-15(22)13-17(14)19/h5-6,13,16,18,21-22H,1-4,7-12H2/t16-,18+,19-/m0/s1. The number of phenolic OH excluding ortho intramolecular Hbond substituents is 1. The summed E-state index contributed by atoms with van der Waals surface area (Å²) in [6.07, 6.45) is 8.52. The minimum atomic E-state index is 0.295. The highest BCUT2D eigenvalue weighted by molar-refractivity contribution is 5.45. The van der Waals surface area contributed by atoms with Crippen LogP contribution in [0.1, 0.15) is 49.7 Å². The Balaban J connectivity index is 1.75. The van der Waals surface area contributed by atoms with Gasteiger partial charge in [0.15, 0.2) is 0 Å². The summed E-state index contributed by atoms with van der Waals surface area (Å²) in [4.78, 5) is 2.64. The molecule has 0 amide bonds. The molecular formula is C19H27NO2. The van der Waals surface area contributed by atoms with E-state index in [0.717, 1.165) is 31.8 Å². The Morgan fingerprint density at radius 2 is 2.14 bits per heavy atom. The summed E-state index contributed by atoms with van der Waals surface area (Å²) >= 11 is 0. The molecule has 1 aliphatic heterocycles. The van der Waals surface area contributed by atoms with Gasteiger partial charge in [0.25, 0.3) is 0 Å². The Morgan fingerprint density at radius 3 is 3.00 bits per heavy atom. The monoisotopic (exact) mass is 301 g/mol. The first-order valence-electron chi connectivity index (χ1n) is 8.92. The fraction of sp³-hybridized carbons (Fsp3) is 0.684. The number of aliphatic hydroxyl groups excluding tert-OH is 1. The van der Waals surface area contributed by atoms with Crippen LogP contribution in [0.4, 0.5) is 0 Å². The second-order valence-corrected chi connectivity index (χ2v) is 7.48. The number of benzene rings is 1. The van der Waals surface area contributed by atoms with E-state index in [4.69, 9.17) is 0 Å². The van der Waals surface area contributed by atoms with Gasteiger partial charge in [-0.15, -0.1) is 0 Å². The van der Waals surface area contributed by atoms with Gasteiger partial charge in [0.05, 0.1) is 0 Å². The Kier molecular flexibility index (Phi) is 3.66. The molecular weight excluding hydrogens is 274 g/mol. The first kappa shape index (κ1) is 14.5. The van der Waals surface area contributed by atoms with Crippen LogP contribution in [0.5, 0.6) is 5.75 Å². The first-order chi connectivity index (χ1) is 10.7. The van der Waals surface area contributed by atoms with E-state index in [1.807, 2.05) is 6.07 Å². The number of likely N-dealkylation sites (tertiary alicyclic amines) is 1. The van der Waals surface area contributed by atoms with Crippen molar-refractivity contribution in [2.45, 2.75) is 56.4 Å². The number of aromatic hydroxyl groups is 1. The molecule has 120 valence electrons. The van der Waals surface area contributed by atoms with Crippen molar-refractivity contribution < 1.29 is 10.2 Å². The Labute approximate surface area is 133 Å². The number of nitrogens with zero attached hydrogens (tertiary/aromatic N) is 1. The highest BCUT2D eigenvalue weighted by atomic mass is 16.3. The van der Waals surface area contributed by atoms with Gasteiger partial charge >= 0.3 is 0 Å². The van der Waals surface area contributed by atoms with Gasteiger partial charge in [0, 0.05) is 24.6 Å². The van der Waals surface area contributed by atoms with Crippen molar-refractivity contribution in [1.82, 2.24) is 4.90 Å². The normalized spacial score (nSPS) is 34.0. The number of rotatable bonds is 3. The molecule has 2 aliphatic carbocycles. The average molecular weight is 301 g/mol. The predicted molar refractivity (Wildman–Crippen MR) is 87.1 cm³/mol. The molecule has 22 heavy (non-hydrogen) atoms. The van der Waals surface area contributed by atoms with Crippen LogP contribution >= 0.6 is 0 Å². The maximum Gasteiger partial charge on any atom is 0.115 e. The van der Waals surface area contributed by atoms with E-state index in [-0.39, 0.29) is 0 Å². The lowest BCUT2D eigenvalue weighted by Crippen LogP contribution is -2.61. The lowest BCUT2D eigenvalue weighted by atomic mass is 9.52. The van der Waals surface area contributed by atoms with Crippen LogP contribution in [-0.4, -0.2) is 40.9 Å².